The Hall–Kier alpha value is -1.55. The van der Waals surface area contributed by atoms with Gasteiger partial charge in [0.2, 0.25) is 0 Å². The summed E-state index contributed by atoms with van der Waals surface area (Å²) in [4.78, 5) is 10.3. The Kier molecular flexibility index (Phi) is 4.52. The van der Waals surface area contributed by atoms with Crippen LogP contribution in [0, 0.1) is 0 Å². The van der Waals surface area contributed by atoms with Gasteiger partial charge in [-0.05, 0) is 38.5 Å². The summed E-state index contributed by atoms with van der Waals surface area (Å²) in [5.41, 5.74) is 0.829. The molecule has 0 aliphatic carbocycles. The molecule has 0 aliphatic heterocycles. The lowest BCUT2D eigenvalue weighted by molar-refractivity contribution is -0.135. The first kappa shape index (κ1) is 13.5. The van der Waals surface area contributed by atoms with E-state index in [9.17, 15) is 4.79 Å². The van der Waals surface area contributed by atoms with Crippen LogP contribution in [0.25, 0.3) is 0 Å². The fourth-order valence-corrected chi connectivity index (χ4v) is 1.34. The highest BCUT2D eigenvalue weighted by Crippen LogP contribution is 2.18. The van der Waals surface area contributed by atoms with Crippen LogP contribution in [0.3, 0.4) is 0 Å². The first-order valence-corrected chi connectivity index (χ1v) is 5.57. The number of nitrogens with one attached hydrogen (secondary N) is 1. The SMILES string of the molecule is CC(C)(C)Oc1ccc(CNCC(=O)O)cc1. The summed E-state index contributed by atoms with van der Waals surface area (Å²) < 4.78 is 5.68. The zero-order valence-electron chi connectivity index (χ0n) is 10.5. The number of benzene rings is 1. The van der Waals surface area contributed by atoms with Gasteiger partial charge in [0.25, 0.3) is 0 Å². The second kappa shape index (κ2) is 5.68. The summed E-state index contributed by atoms with van der Waals surface area (Å²) in [6.45, 7) is 6.50. The zero-order chi connectivity index (χ0) is 12.9. The first-order valence-electron chi connectivity index (χ1n) is 5.57. The molecule has 4 nitrogen and oxygen atoms in total. The van der Waals surface area contributed by atoms with E-state index in [0.29, 0.717) is 6.54 Å². The van der Waals surface area contributed by atoms with Gasteiger partial charge in [0.05, 0.1) is 6.54 Å². The van der Waals surface area contributed by atoms with Gasteiger partial charge < -0.3 is 15.2 Å². The van der Waals surface area contributed by atoms with Gasteiger partial charge >= 0.3 is 5.97 Å². The third-order valence-electron chi connectivity index (χ3n) is 1.95. The molecule has 0 bridgehead atoms. The molecule has 4 heteroatoms. The van der Waals surface area contributed by atoms with Crippen molar-refractivity contribution in [1.29, 1.82) is 0 Å². The second-order valence-corrected chi connectivity index (χ2v) is 4.86. The normalized spacial score (nSPS) is 11.2. The van der Waals surface area contributed by atoms with Crippen molar-refractivity contribution in [2.24, 2.45) is 0 Å². The maximum absolute atomic E-state index is 10.3. The average Bonchev–Trinajstić information content (AvgIpc) is 2.18. The van der Waals surface area contributed by atoms with Crippen LogP contribution < -0.4 is 10.1 Å². The summed E-state index contributed by atoms with van der Waals surface area (Å²) in [6.07, 6.45) is 0. The van der Waals surface area contributed by atoms with Crippen molar-refractivity contribution >= 4 is 5.97 Å². The molecule has 0 aromatic heterocycles. The highest BCUT2D eigenvalue weighted by Gasteiger charge is 2.11. The van der Waals surface area contributed by atoms with Crippen LogP contribution in [0.15, 0.2) is 24.3 Å². The number of aliphatic carboxylic acids is 1. The summed E-state index contributed by atoms with van der Waals surface area (Å²) in [6, 6.07) is 7.64. The van der Waals surface area contributed by atoms with E-state index < -0.39 is 5.97 Å². The number of ether oxygens (including phenoxy) is 1. The van der Waals surface area contributed by atoms with Gasteiger partial charge in [-0.15, -0.1) is 0 Å². The number of hydrogen-bond acceptors (Lipinski definition) is 3. The molecule has 94 valence electrons. The summed E-state index contributed by atoms with van der Waals surface area (Å²) in [7, 11) is 0. The third-order valence-corrected chi connectivity index (χ3v) is 1.95. The Labute approximate surface area is 102 Å². The Morgan fingerprint density at radius 1 is 1.29 bits per heavy atom. The Balaban J connectivity index is 2.47. The quantitative estimate of drug-likeness (QED) is 0.822. The molecule has 2 N–H and O–H groups in total. The molecule has 1 aromatic rings. The molecule has 0 unspecified atom stereocenters. The zero-order valence-corrected chi connectivity index (χ0v) is 10.5. The van der Waals surface area contributed by atoms with Crippen LogP contribution in [0.5, 0.6) is 5.75 Å². The number of rotatable bonds is 5. The molecule has 0 amide bonds. The minimum Gasteiger partial charge on any atom is -0.488 e. The smallest absolute Gasteiger partial charge is 0.317 e. The molecular formula is C13H19NO3. The van der Waals surface area contributed by atoms with Crippen molar-refractivity contribution in [2.45, 2.75) is 32.9 Å². The Bertz CT molecular complexity index is 365. The Morgan fingerprint density at radius 3 is 2.35 bits per heavy atom. The van der Waals surface area contributed by atoms with E-state index in [4.69, 9.17) is 9.84 Å². The van der Waals surface area contributed by atoms with Crippen molar-refractivity contribution in [2.75, 3.05) is 6.54 Å². The summed E-state index contributed by atoms with van der Waals surface area (Å²) in [5.74, 6) is -0.0304. The predicted octanol–water partition coefficient (Wildman–Crippen LogP) is 2.04. The standard InChI is InChI=1S/C13H19NO3/c1-13(2,3)17-11-6-4-10(5-7-11)8-14-9-12(15)16/h4-7,14H,8-9H2,1-3H3,(H,15,16). The van der Waals surface area contributed by atoms with Crippen LogP contribution in [0.1, 0.15) is 26.3 Å². The average molecular weight is 237 g/mol. The Morgan fingerprint density at radius 2 is 1.88 bits per heavy atom. The third kappa shape index (κ3) is 5.92. The van der Waals surface area contributed by atoms with Gasteiger partial charge in [-0.25, -0.2) is 0 Å². The van der Waals surface area contributed by atoms with Gasteiger partial charge in [-0.3, -0.25) is 4.79 Å². The van der Waals surface area contributed by atoms with E-state index in [2.05, 4.69) is 5.32 Å². The summed E-state index contributed by atoms with van der Waals surface area (Å²) >= 11 is 0. The van der Waals surface area contributed by atoms with Crippen LogP contribution in [-0.2, 0) is 11.3 Å². The fraction of sp³-hybridized carbons (Fsp3) is 0.462. The molecule has 0 atom stereocenters. The van der Waals surface area contributed by atoms with E-state index in [-0.39, 0.29) is 12.1 Å². The highest BCUT2D eigenvalue weighted by molar-refractivity contribution is 5.68. The molecule has 0 saturated carbocycles. The van der Waals surface area contributed by atoms with Gasteiger partial charge in [-0.1, -0.05) is 12.1 Å². The number of carbonyl (C=O) groups is 1. The second-order valence-electron chi connectivity index (χ2n) is 4.86. The van der Waals surface area contributed by atoms with Crippen LogP contribution in [0.4, 0.5) is 0 Å². The lowest BCUT2D eigenvalue weighted by Crippen LogP contribution is -2.23. The fourth-order valence-electron chi connectivity index (χ4n) is 1.34. The minimum absolute atomic E-state index is 0.0275. The van der Waals surface area contributed by atoms with E-state index >= 15 is 0 Å². The van der Waals surface area contributed by atoms with E-state index in [1.54, 1.807) is 0 Å². The lowest BCUT2D eigenvalue weighted by atomic mass is 10.1. The van der Waals surface area contributed by atoms with Crippen LogP contribution in [-0.4, -0.2) is 23.2 Å². The van der Waals surface area contributed by atoms with Gasteiger partial charge in [0.1, 0.15) is 11.4 Å². The van der Waals surface area contributed by atoms with Crippen molar-refractivity contribution in [3.05, 3.63) is 29.8 Å². The molecule has 0 saturated heterocycles. The van der Waals surface area contributed by atoms with E-state index in [1.165, 1.54) is 0 Å². The molecule has 0 heterocycles. The lowest BCUT2D eigenvalue weighted by Gasteiger charge is -2.21. The van der Waals surface area contributed by atoms with Crippen molar-refractivity contribution in [3.8, 4) is 5.75 Å². The maximum Gasteiger partial charge on any atom is 0.317 e. The van der Waals surface area contributed by atoms with Crippen molar-refractivity contribution in [3.63, 3.8) is 0 Å². The summed E-state index contributed by atoms with van der Waals surface area (Å²) in [5, 5.41) is 11.3. The van der Waals surface area contributed by atoms with Gasteiger partial charge in [0, 0.05) is 6.54 Å². The minimum atomic E-state index is -0.849. The molecule has 0 fully saturated rings. The number of carboxylic acid groups (broad SMARTS) is 1. The van der Waals surface area contributed by atoms with E-state index in [0.717, 1.165) is 11.3 Å². The first-order chi connectivity index (χ1) is 7.87. The molecule has 1 rings (SSSR count). The van der Waals surface area contributed by atoms with Gasteiger partial charge in [0.15, 0.2) is 0 Å². The molecule has 0 spiro atoms. The predicted molar refractivity (Wildman–Crippen MR) is 66.2 cm³/mol. The van der Waals surface area contributed by atoms with Crippen molar-refractivity contribution in [1.82, 2.24) is 5.32 Å². The molecule has 0 aliphatic rings. The van der Waals surface area contributed by atoms with E-state index in [1.807, 2.05) is 45.0 Å². The molecule has 17 heavy (non-hydrogen) atoms. The van der Waals surface area contributed by atoms with Crippen LogP contribution >= 0.6 is 0 Å². The number of carboxylic acids is 1. The van der Waals surface area contributed by atoms with Gasteiger partial charge in [-0.2, -0.15) is 0 Å². The molecule has 0 radical (unpaired) electrons. The monoisotopic (exact) mass is 237 g/mol. The van der Waals surface area contributed by atoms with Crippen LogP contribution in [0.2, 0.25) is 0 Å². The van der Waals surface area contributed by atoms with Crippen molar-refractivity contribution < 1.29 is 14.6 Å². The molecule has 1 aromatic carbocycles. The topological polar surface area (TPSA) is 58.6 Å². The molecular weight excluding hydrogens is 218 g/mol. The highest BCUT2D eigenvalue weighted by atomic mass is 16.5. The number of hydrogen-bond donors (Lipinski definition) is 2. The largest absolute Gasteiger partial charge is 0.488 e. The maximum atomic E-state index is 10.3.